The van der Waals surface area contributed by atoms with E-state index in [1.54, 1.807) is 48.5 Å². The van der Waals surface area contributed by atoms with Crippen molar-refractivity contribution in [2.24, 2.45) is 0 Å². The Balaban J connectivity index is 2.21. The molecule has 2 rings (SSSR count). The molecule has 0 bridgehead atoms. The molecular formula is C20H20N2O4. The number of hydrogen-bond acceptors (Lipinski definition) is 5. The van der Waals surface area contributed by atoms with Crippen molar-refractivity contribution in [3.63, 3.8) is 0 Å². The Morgan fingerprint density at radius 1 is 1.08 bits per heavy atom. The van der Waals surface area contributed by atoms with Crippen LogP contribution in [0.4, 0.5) is 0 Å². The fourth-order valence-corrected chi connectivity index (χ4v) is 2.63. The Hall–Kier alpha value is -3.17. The highest BCUT2D eigenvalue weighted by atomic mass is 16.5. The number of hydrogen-bond donors (Lipinski definition) is 1. The number of esters is 1. The van der Waals surface area contributed by atoms with Gasteiger partial charge < -0.3 is 14.8 Å². The lowest BCUT2D eigenvalue weighted by atomic mass is 10.00. The number of nitrogens with zero attached hydrogens (tertiary/aromatic N) is 1. The van der Waals surface area contributed by atoms with Gasteiger partial charge in [0.1, 0.15) is 6.04 Å². The first-order valence-corrected chi connectivity index (χ1v) is 8.04. The predicted octanol–water partition coefficient (Wildman–Crippen LogP) is 2.15. The summed E-state index contributed by atoms with van der Waals surface area (Å²) in [6.07, 6.45) is -0.706. The average molecular weight is 352 g/mol. The first-order valence-electron chi connectivity index (χ1n) is 8.04. The van der Waals surface area contributed by atoms with Crippen LogP contribution >= 0.6 is 0 Å². The van der Waals surface area contributed by atoms with Gasteiger partial charge >= 0.3 is 5.97 Å². The van der Waals surface area contributed by atoms with Crippen molar-refractivity contribution in [3.05, 3.63) is 71.3 Å². The van der Waals surface area contributed by atoms with Gasteiger partial charge in [0, 0.05) is 13.5 Å². The van der Waals surface area contributed by atoms with Crippen molar-refractivity contribution < 1.29 is 19.1 Å². The average Bonchev–Trinajstić information content (AvgIpc) is 2.68. The summed E-state index contributed by atoms with van der Waals surface area (Å²) < 4.78 is 10.1. The van der Waals surface area contributed by atoms with E-state index in [1.807, 2.05) is 6.07 Å². The molecule has 1 amide bonds. The molecule has 2 aromatic carbocycles. The maximum absolute atomic E-state index is 12.6. The third-order valence-corrected chi connectivity index (χ3v) is 3.94. The van der Waals surface area contributed by atoms with Gasteiger partial charge in [-0.15, -0.1) is 0 Å². The summed E-state index contributed by atoms with van der Waals surface area (Å²) in [5, 5.41) is 11.9. The topological polar surface area (TPSA) is 88.4 Å². The highest BCUT2D eigenvalue weighted by molar-refractivity contribution is 5.88. The van der Waals surface area contributed by atoms with E-state index in [-0.39, 0.29) is 6.42 Å². The third kappa shape index (κ3) is 4.68. The monoisotopic (exact) mass is 352 g/mol. The normalized spacial score (nSPS) is 12.5. The van der Waals surface area contributed by atoms with Gasteiger partial charge in [-0.3, -0.25) is 4.79 Å². The predicted molar refractivity (Wildman–Crippen MR) is 95.0 cm³/mol. The number of nitrogens with one attached hydrogen (secondary N) is 1. The van der Waals surface area contributed by atoms with Crippen LogP contribution in [0.2, 0.25) is 0 Å². The summed E-state index contributed by atoms with van der Waals surface area (Å²) in [4.78, 5) is 24.8. The number of carbonyl (C=O) groups is 2. The zero-order valence-electron chi connectivity index (χ0n) is 14.6. The molecule has 0 spiro atoms. The summed E-state index contributed by atoms with van der Waals surface area (Å²) >= 11 is 0. The van der Waals surface area contributed by atoms with Crippen molar-refractivity contribution in [2.45, 2.75) is 18.6 Å². The minimum absolute atomic E-state index is 0.146. The summed E-state index contributed by atoms with van der Waals surface area (Å²) in [6, 6.07) is 17.0. The van der Waals surface area contributed by atoms with Gasteiger partial charge in [0.25, 0.3) is 5.91 Å². The van der Waals surface area contributed by atoms with Crippen molar-refractivity contribution in [2.75, 3.05) is 14.2 Å². The maximum atomic E-state index is 12.6. The van der Waals surface area contributed by atoms with Crippen LogP contribution in [0.25, 0.3) is 0 Å². The minimum atomic E-state index is -0.927. The third-order valence-electron chi connectivity index (χ3n) is 3.94. The van der Waals surface area contributed by atoms with E-state index in [2.05, 4.69) is 11.4 Å². The molecule has 0 aliphatic heterocycles. The Kier molecular flexibility index (Phi) is 6.89. The van der Waals surface area contributed by atoms with Crippen LogP contribution < -0.4 is 5.32 Å². The molecule has 26 heavy (non-hydrogen) atoms. The van der Waals surface area contributed by atoms with Crippen LogP contribution in [-0.2, 0) is 25.5 Å². The fourth-order valence-electron chi connectivity index (χ4n) is 2.63. The number of carbonyl (C=O) groups excluding carboxylic acids is 2. The minimum Gasteiger partial charge on any atom is -0.467 e. The largest absolute Gasteiger partial charge is 0.467 e. The Bertz CT molecular complexity index is 799. The molecule has 0 fully saturated rings. The maximum Gasteiger partial charge on any atom is 0.328 e. The first-order chi connectivity index (χ1) is 12.6. The Morgan fingerprint density at radius 2 is 1.73 bits per heavy atom. The lowest BCUT2D eigenvalue weighted by Crippen LogP contribution is -2.45. The second-order valence-electron chi connectivity index (χ2n) is 5.58. The van der Waals surface area contributed by atoms with Crippen molar-refractivity contribution in [1.82, 2.24) is 5.32 Å². The number of benzene rings is 2. The van der Waals surface area contributed by atoms with Gasteiger partial charge in [-0.05, 0) is 17.2 Å². The van der Waals surface area contributed by atoms with Crippen LogP contribution in [0, 0.1) is 11.3 Å². The van der Waals surface area contributed by atoms with Crippen molar-refractivity contribution >= 4 is 11.9 Å². The smallest absolute Gasteiger partial charge is 0.328 e. The second-order valence-corrected chi connectivity index (χ2v) is 5.58. The molecule has 0 saturated heterocycles. The van der Waals surface area contributed by atoms with E-state index < -0.39 is 24.0 Å². The van der Waals surface area contributed by atoms with Gasteiger partial charge in [-0.1, -0.05) is 48.5 Å². The van der Waals surface area contributed by atoms with E-state index in [0.29, 0.717) is 16.7 Å². The quantitative estimate of drug-likeness (QED) is 0.771. The van der Waals surface area contributed by atoms with Gasteiger partial charge in [0.05, 0.1) is 18.7 Å². The second kappa shape index (κ2) is 9.35. The molecule has 0 saturated carbocycles. The van der Waals surface area contributed by atoms with E-state index in [9.17, 15) is 14.9 Å². The van der Waals surface area contributed by atoms with Crippen molar-refractivity contribution in [3.8, 4) is 6.07 Å². The Morgan fingerprint density at radius 3 is 2.35 bits per heavy atom. The standard InChI is InChI=1S/C20H20N2O4/c1-25-18(14-8-4-3-5-9-14)19(23)22-17(20(24)26-2)12-15-10-6-7-11-16(15)13-21/h3-11,17-18H,12H2,1-2H3,(H,22,23)/t17-,18-/m0/s1. The van der Waals surface area contributed by atoms with Crippen LogP contribution in [0.3, 0.4) is 0 Å². The molecule has 2 atom stereocenters. The molecule has 134 valence electrons. The van der Waals surface area contributed by atoms with Gasteiger partial charge in [0.2, 0.25) is 0 Å². The van der Waals surface area contributed by atoms with Gasteiger partial charge in [0.15, 0.2) is 6.10 Å². The van der Waals surface area contributed by atoms with E-state index in [0.717, 1.165) is 0 Å². The molecule has 6 nitrogen and oxygen atoms in total. The molecule has 6 heteroatoms. The molecule has 1 N–H and O–H groups in total. The zero-order chi connectivity index (χ0) is 18.9. The number of ether oxygens (including phenoxy) is 2. The molecule has 2 aromatic rings. The first kappa shape index (κ1) is 19.2. The molecule has 0 radical (unpaired) electrons. The number of rotatable bonds is 7. The molecule has 0 aliphatic carbocycles. The summed E-state index contributed by atoms with van der Waals surface area (Å²) in [5.41, 5.74) is 1.77. The van der Waals surface area contributed by atoms with Crippen molar-refractivity contribution in [1.29, 1.82) is 5.26 Å². The highest BCUT2D eigenvalue weighted by Crippen LogP contribution is 2.17. The van der Waals surface area contributed by atoms with Crippen LogP contribution in [0.15, 0.2) is 54.6 Å². The van der Waals surface area contributed by atoms with E-state index in [4.69, 9.17) is 9.47 Å². The summed E-state index contributed by atoms with van der Waals surface area (Å²) in [7, 11) is 2.68. The van der Waals surface area contributed by atoms with Gasteiger partial charge in [-0.25, -0.2) is 4.79 Å². The van der Waals surface area contributed by atoms with Crippen LogP contribution in [0.5, 0.6) is 0 Å². The fraction of sp³-hybridized carbons (Fsp3) is 0.250. The number of amides is 1. The summed E-state index contributed by atoms with van der Waals surface area (Å²) in [5.74, 6) is -1.04. The van der Waals surface area contributed by atoms with Crippen LogP contribution in [-0.4, -0.2) is 32.1 Å². The molecule has 0 aliphatic rings. The summed E-state index contributed by atoms with van der Waals surface area (Å²) in [6.45, 7) is 0. The highest BCUT2D eigenvalue weighted by Gasteiger charge is 2.27. The molecule has 0 heterocycles. The Labute approximate surface area is 152 Å². The number of methoxy groups -OCH3 is 2. The molecular weight excluding hydrogens is 332 g/mol. The number of nitriles is 1. The molecule has 0 unspecified atom stereocenters. The van der Waals surface area contributed by atoms with E-state index >= 15 is 0 Å². The molecule has 0 aromatic heterocycles. The lowest BCUT2D eigenvalue weighted by molar-refractivity contribution is -0.146. The van der Waals surface area contributed by atoms with Gasteiger partial charge in [-0.2, -0.15) is 5.26 Å². The van der Waals surface area contributed by atoms with E-state index in [1.165, 1.54) is 14.2 Å². The SMILES string of the molecule is COC(=O)[C@H](Cc1ccccc1C#N)NC(=O)[C@@H](OC)c1ccccc1. The lowest BCUT2D eigenvalue weighted by Gasteiger charge is -2.21. The zero-order valence-corrected chi connectivity index (χ0v) is 14.6. The van der Waals surface area contributed by atoms with Crippen LogP contribution in [0.1, 0.15) is 22.8 Å².